The molecule has 14 heteroatoms. The van der Waals surface area contributed by atoms with E-state index in [-0.39, 0.29) is 23.0 Å². The first kappa shape index (κ1) is 77.6. The molecule has 0 aliphatic rings. The maximum atomic E-state index is 12.2. The lowest BCUT2D eigenvalue weighted by atomic mass is 9.99. The highest BCUT2D eigenvalue weighted by Gasteiger charge is 2.27. The lowest BCUT2D eigenvalue weighted by Crippen LogP contribution is -2.07. The highest BCUT2D eigenvalue weighted by molar-refractivity contribution is 6.13. The molecular formula is C109H90N4O10. The molecule has 0 aliphatic carbocycles. The van der Waals surface area contributed by atoms with Gasteiger partial charge in [-0.05, 0) is 208 Å². The Morgan fingerprint density at radius 2 is 0.423 bits per heavy atom. The van der Waals surface area contributed by atoms with Crippen LogP contribution < -0.4 is 28.4 Å². The first-order valence-electron chi connectivity index (χ1n) is 41.6. The maximum absolute atomic E-state index is 12.2. The number of aryl methyl sites for hydroxylation is 4. The van der Waals surface area contributed by atoms with Crippen molar-refractivity contribution in [1.82, 2.24) is 18.3 Å². The highest BCUT2D eigenvalue weighted by atomic mass is 16.5. The van der Waals surface area contributed by atoms with E-state index in [1.807, 2.05) is 220 Å². The molecular weight excluding hydrogens is 1530 g/mol. The van der Waals surface area contributed by atoms with Gasteiger partial charge in [-0.1, -0.05) is 182 Å². The van der Waals surface area contributed by atoms with Crippen LogP contribution >= 0.6 is 0 Å². The third-order valence-electron chi connectivity index (χ3n) is 23.4. The van der Waals surface area contributed by atoms with Gasteiger partial charge >= 0.3 is 0 Å². The second kappa shape index (κ2) is 33.1. The number of phenolic OH excluding ortho intramolecular Hbond substituents is 4. The van der Waals surface area contributed by atoms with Crippen LogP contribution in [0.25, 0.3) is 154 Å². The highest BCUT2D eigenvalue weighted by Crippen LogP contribution is 2.50. The minimum Gasteiger partial charge on any atom is -0.505 e. The lowest BCUT2D eigenvalue weighted by Gasteiger charge is -2.19. The summed E-state index contributed by atoms with van der Waals surface area (Å²) >= 11 is 0. The minimum absolute atomic E-state index is 0.140. The van der Waals surface area contributed by atoms with Gasteiger partial charge in [-0.3, -0.25) is 0 Å². The van der Waals surface area contributed by atoms with Crippen LogP contribution in [0.1, 0.15) is 41.5 Å². The fraction of sp³-hybridized carbons (Fsp3) is 0.119. The molecule has 16 aromatic carbocycles. The molecule has 0 fully saturated rings. The third-order valence-corrected chi connectivity index (χ3v) is 23.4. The van der Waals surface area contributed by atoms with Gasteiger partial charge in [0, 0.05) is 94.0 Å². The molecule has 0 unspecified atom stereocenters. The van der Waals surface area contributed by atoms with E-state index >= 15 is 0 Å². The van der Waals surface area contributed by atoms with E-state index in [9.17, 15) is 20.4 Å². The second-order valence-corrected chi connectivity index (χ2v) is 31.4. The molecule has 0 amide bonds. The normalized spacial score (nSPS) is 11.5. The Kier molecular flexibility index (Phi) is 20.9. The molecule has 0 saturated heterocycles. The van der Waals surface area contributed by atoms with Crippen LogP contribution in [0.5, 0.6) is 57.5 Å². The topological polar surface area (TPSA) is 156 Å². The summed E-state index contributed by atoms with van der Waals surface area (Å²) in [7, 11) is 3.26. The van der Waals surface area contributed by atoms with Crippen molar-refractivity contribution < 1.29 is 48.8 Å². The fourth-order valence-corrected chi connectivity index (χ4v) is 17.8. The van der Waals surface area contributed by atoms with E-state index in [1.54, 1.807) is 14.2 Å². The summed E-state index contributed by atoms with van der Waals surface area (Å²) in [5.74, 6) is 4.63. The number of rotatable bonds is 23. The number of benzene rings is 16. The first-order valence-corrected chi connectivity index (χ1v) is 41.6. The standard InChI is InChI=1S/C55H46N2O6.C54H44N2O4/c1-34-28-44(54(58)50(30-34)56-46-18-9-5-14-38(46)39-15-6-10-19-47(39)56)42-32-36(60-3)22-24-52(42)62-26-13-27-63-53-25-23-37(61-4)33-43(53)45-29-35(2)31-51(55(45)59)57-48-20-11-7-16-40(48)41-17-8-12-21-49(41)57;1-35-31-43(53(57)49(33-35)55-45-23-9-3-17-37(45)38-18-4-10-24-46(38)55)41-21-7-13-27-51(41)59-29-15-16-30-60-52-28-14-8-22-42(52)44-32-36(2)34-50(54(44)58)56-47-25-11-5-19-39(47)40-20-6-12-26-48(40)56/h5-12,14-25,28-33,58-59H,13,26-27H2,1-4H3;3-14,17-28,31-34,57-58H,15-16,29-30H2,1-2H3. The summed E-state index contributed by atoms with van der Waals surface area (Å²) in [6.45, 7) is 9.83. The number of fused-ring (bicyclic) bond motifs is 12. The largest absolute Gasteiger partial charge is 0.505 e. The molecule has 4 aromatic heterocycles. The Hall–Kier alpha value is -15.3. The molecule has 0 radical (unpaired) electrons. The summed E-state index contributed by atoms with van der Waals surface area (Å²) in [6, 6.07) is 110. The maximum Gasteiger partial charge on any atom is 0.147 e. The fourth-order valence-electron chi connectivity index (χ4n) is 17.8. The molecule has 4 heterocycles. The van der Waals surface area contributed by atoms with E-state index in [0.29, 0.717) is 101 Å². The molecule has 0 saturated carbocycles. The molecule has 0 atom stereocenters. The second-order valence-electron chi connectivity index (χ2n) is 31.4. The van der Waals surface area contributed by atoms with Crippen LogP contribution in [0.3, 0.4) is 0 Å². The zero-order valence-electron chi connectivity index (χ0n) is 69.2. The zero-order chi connectivity index (χ0) is 83.9. The van der Waals surface area contributed by atoms with Crippen LogP contribution in [0.4, 0.5) is 0 Å². The molecule has 0 bridgehead atoms. The number of para-hydroxylation sites is 10. The van der Waals surface area contributed by atoms with Crippen molar-refractivity contribution in [2.24, 2.45) is 0 Å². The predicted octanol–water partition coefficient (Wildman–Crippen LogP) is 26.6. The summed E-state index contributed by atoms with van der Waals surface area (Å²) in [4.78, 5) is 0. The molecule has 4 N–H and O–H groups in total. The van der Waals surface area contributed by atoms with Gasteiger partial charge in [0.25, 0.3) is 0 Å². The van der Waals surface area contributed by atoms with E-state index in [0.717, 1.165) is 156 Å². The minimum atomic E-state index is 0.140. The van der Waals surface area contributed by atoms with Crippen LogP contribution in [-0.4, -0.2) is 79.3 Å². The molecule has 14 nitrogen and oxygen atoms in total. The number of unbranched alkanes of at least 4 members (excludes halogenated alkanes) is 1. The van der Waals surface area contributed by atoms with E-state index in [2.05, 4.69) is 153 Å². The molecule has 20 aromatic rings. The Morgan fingerprint density at radius 3 is 0.675 bits per heavy atom. The number of aromatic hydroxyl groups is 4. The SMILES string of the molecule is COc1ccc(OCCCOc2ccc(OC)cc2-c2cc(C)cc(-n3c4ccccc4c4ccccc43)c2O)c(-c2cc(C)cc(-n3c4ccccc4c4ccccc43)c2O)c1.Cc1cc(-c2ccccc2OCCCCOc2ccccc2-c2cc(C)cc(-n3c4ccccc4c4ccccc43)c2O)c(O)c(-n2c3ccccc3c3ccccc32)c1. The number of hydrogen-bond acceptors (Lipinski definition) is 10. The lowest BCUT2D eigenvalue weighted by molar-refractivity contribution is 0.248. The van der Waals surface area contributed by atoms with Gasteiger partial charge in [0.05, 0.1) is 108 Å². The Labute approximate surface area is 712 Å². The van der Waals surface area contributed by atoms with Gasteiger partial charge < -0.3 is 67.1 Å². The first-order chi connectivity index (χ1) is 60.3. The monoisotopic (exact) mass is 1610 g/mol. The zero-order valence-corrected chi connectivity index (χ0v) is 69.2. The molecule has 606 valence electrons. The third kappa shape index (κ3) is 14.3. The van der Waals surface area contributed by atoms with E-state index in [4.69, 9.17) is 28.4 Å². The van der Waals surface area contributed by atoms with Crippen molar-refractivity contribution in [2.45, 2.75) is 47.0 Å². The molecule has 20 rings (SSSR count). The van der Waals surface area contributed by atoms with Gasteiger partial charge in [-0.2, -0.15) is 0 Å². The van der Waals surface area contributed by atoms with Crippen molar-refractivity contribution in [2.75, 3.05) is 40.6 Å². The molecule has 123 heavy (non-hydrogen) atoms. The smallest absolute Gasteiger partial charge is 0.147 e. The molecule has 0 aliphatic heterocycles. The Bertz CT molecular complexity index is 6820. The van der Waals surface area contributed by atoms with Gasteiger partial charge in [0.2, 0.25) is 0 Å². The summed E-state index contributed by atoms with van der Waals surface area (Å²) in [6.07, 6.45) is 2.07. The quantitative estimate of drug-likeness (QED) is 0.0455. The predicted molar refractivity (Wildman–Crippen MR) is 499 cm³/mol. The van der Waals surface area contributed by atoms with E-state index < -0.39 is 0 Å². The number of hydrogen-bond donors (Lipinski definition) is 4. The summed E-state index contributed by atoms with van der Waals surface area (Å²) in [5, 5.41) is 57.4. The van der Waals surface area contributed by atoms with Gasteiger partial charge in [0.15, 0.2) is 0 Å². The van der Waals surface area contributed by atoms with Gasteiger partial charge in [-0.25, -0.2) is 0 Å². The van der Waals surface area contributed by atoms with Crippen molar-refractivity contribution in [3.63, 3.8) is 0 Å². The van der Waals surface area contributed by atoms with Crippen LogP contribution in [0.15, 0.2) is 328 Å². The van der Waals surface area contributed by atoms with Crippen molar-refractivity contribution in [3.8, 4) is 125 Å². The van der Waals surface area contributed by atoms with Crippen molar-refractivity contribution in [3.05, 3.63) is 350 Å². The van der Waals surface area contributed by atoms with Crippen LogP contribution in [-0.2, 0) is 0 Å². The van der Waals surface area contributed by atoms with E-state index in [1.165, 1.54) is 0 Å². The number of aromatic nitrogens is 4. The average molecular weight is 1620 g/mol. The Balaban J connectivity index is 0.000000162. The Morgan fingerprint density at radius 1 is 0.211 bits per heavy atom. The van der Waals surface area contributed by atoms with Crippen molar-refractivity contribution in [1.29, 1.82) is 0 Å². The number of ether oxygens (including phenoxy) is 6. The van der Waals surface area contributed by atoms with Gasteiger partial charge in [-0.15, -0.1) is 0 Å². The van der Waals surface area contributed by atoms with Gasteiger partial charge in [0.1, 0.15) is 57.5 Å². The number of nitrogens with zero attached hydrogens (tertiary/aromatic N) is 4. The summed E-state index contributed by atoms with van der Waals surface area (Å²) < 4.78 is 45.8. The average Bonchev–Trinajstić information content (AvgIpc) is 1.61. The molecule has 0 spiro atoms. The van der Waals surface area contributed by atoms with Crippen LogP contribution in [0.2, 0.25) is 0 Å². The summed E-state index contributed by atoms with van der Waals surface area (Å²) in [5.41, 5.74) is 20.9. The number of methoxy groups -OCH3 is 2. The van der Waals surface area contributed by atoms with Crippen molar-refractivity contribution >= 4 is 87.2 Å². The van der Waals surface area contributed by atoms with Crippen LogP contribution in [0, 0.1) is 27.7 Å². The number of phenols is 4.